The van der Waals surface area contributed by atoms with Crippen molar-refractivity contribution < 1.29 is 34.1 Å². The molecule has 1 unspecified atom stereocenters. The number of thioether (sulfide) groups is 1. The summed E-state index contributed by atoms with van der Waals surface area (Å²) in [6, 6.07) is 0. The molecule has 2 spiro atoms. The van der Waals surface area contributed by atoms with Crippen LogP contribution in [-0.4, -0.2) is 50.5 Å². The van der Waals surface area contributed by atoms with Gasteiger partial charge in [0.1, 0.15) is 6.61 Å². The van der Waals surface area contributed by atoms with E-state index in [0.29, 0.717) is 44.9 Å². The first-order chi connectivity index (χ1) is 15.1. The van der Waals surface area contributed by atoms with Gasteiger partial charge in [-0.15, -0.1) is 0 Å². The van der Waals surface area contributed by atoms with Gasteiger partial charge in [-0.3, -0.25) is 19.2 Å². The highest BCUT2D eigenvalue weighted by molar-refractivity contribution is 8.14. The third-order valence-corrected chi connectivity index (χ3v) is 10.5. The Morgan fingerprint density at radius 1 is 1.19 bits per heavy atom. The minimum atomic E-state index is -1.41. The summed E-state index contributed by atoms with van der Waals surface area (Å²) in [5.41, 5.74) is -1.87. The second kappa shape index (κ2) is 7.42. The second-order valence-electron chi connectivity index (χ2n) is 10.5. The van der Waals surface area contributed by atoms with Crippen LogP contribution in [0.3, 0.4) is 0 Å². The Bertz CT molecular complexity index is 927. The van der Waals surface area contributed by atoms with E-state index in [1.165, 1.54) is 11.8 Å². The maximum absolute atomic E-state index is 13.7. The zero-order chi connectivity index (χ0) is 22.9. The fraction of sp³-hybridized carbons (Fsp3) is 0.750. The first kappa shape index (κ1) is 22.1. The van der Waals surface area contributed by atoms with E-state index in [0.717, 1.165) is 5.57 Å². The van der Waals surface area contributed by atoms with Gasteiger partial charge in [0.25, 0.3) is 0 Å². The molecule has 0 aromatic rings. The van der Waals surface area contributed by atoms with Crippen molar-refractivity contribution in [1.82, 2.24) is 0 Å². The topological polar surface area (TPSA) is 118 Å². The fourth-order valence-electron chi connectivity index (χ4n) is 8.16. The Hall–Kier alpha value is -1.67. The summed E-state index contributed by atoms with van der Waals surface area (Å²) in [5.74, 6) is -1.23. The van der Waals surface area contributed by atoms with Crippen molar-refractivity contribution in [2.24, 2.45) is 28.6 Å². The molecular formula is C24H30O7S. The van der Waals surface area contributed by atoms with Gasteiger partial charge >= 0.3 is 11.9 Å². The zero-order valence-corrected chi connectivity index (χ0v) is 19.1. The number of carboxylic acids is 1. The number of carbonyl (C=O) groups excluding carboxylic acids is 3. The van der Waals surface area contributed by atoms with E-state index in [-0.39, 0.29) is 58.8 Å². The van der Waals surface area contributed by atoms with Crippen molar-refractivity contribution >= 4 is 34.6 Å². The molecule has 7 nitrogen and oxygen atoms in total. The van der Waals surface area contributed by atoms with Gasteiger partial charge in [-0.25, -0.2) is 0 Å². The largest absolute Gasteiger partial charge is 0.481 e. The van der Waals surface area contributed by atoms with Crippen molar-refractivity contribution in [3.63, 3.8) is 0 Å². The third kappa shape index (κ3) is 2.91. The monoisotopic (exact) mass is 462 g/mol. The highest BCUT2D eigenvalue weighted by atomic mass is 32.2. The number of rotatable bonds is 4. The molecule has 3 saturated carbocycles. The quantitative estimate of drug-likeness (QED) is 0.613. The standard InChI is InChI=1S/C24H30O7S/c1-13(25)32-18-11-14-10-15(26)2-6-22(14)12-31-21(29)24-9-4-16(22)20(18)17(24)3-7-23(24,30)8-5-19(27)28/h10,16-18,20,30H,2-9,11-12H2,1H3,(H,27,28)/t16?,17-,18-,20+,22+,23-,24-/m0/s1. The Labute approximate surface area is 191 Å². The lowest BCUT2D eigenvalue weighted by molar-refractivity contribution is -0.211. The molecule has 5 fully saturated rings. The number of hydrogen-bond acceptors (Lipinski definition) is 7. The van der Waals surface area contributed by atoms with Gasteiger partial charge in [0, 0.05) is 30.4 Å². The Morgan fingerprint density at radius 2 is 1.94 bits per heavy atom. The van der Waals surface area contributed by atoms with Crippen LogP contribution in [0.15, 0.2) is 11.6 Å². The van der Waals surface area contributed by atoms with E-state index in [1.807, 2.05) is 0 Å². The number of ether oxygens (including phenoxy) is 1. The molecule has 2 aliphatic heterocycles. The molecule has 0 amide bonds. The van der Waals surface area contributed by atoms with Crippen molar-refractivity contribution in [3.05, 3.63) is 11.6 Å². The Morgan fingerprint density at radius 3 is 2.66 bits per heavy atom. The number of carboxylic acid groups (broad SMARTS) is 1. The average Bonchev–Trinajstić information content (AvgIpc) is 3.03. The highest BCUT2D eigenvalue weighted by Gasteiger charge is 2.73. The van der Waals surface area contributed by atoms with Crippen LogP contribution in [-0.2, 0) is 23.9 Å². The molecule has 0 aromatic heterocycles. The lowest BCUT2D eigenvalue weighted by Crippen LogP contribution is -2.65. The molecule has 8 heteroatoms. The predicted molar refractivity (Wildman–Crippen MR) is 116 cm³/mol. The van der Waals surface area contributed by atoms with Crippen molar-refractivity contribution in [2.75, 3.05) is 6.61 Å². The van der Waals surface area contributed by atoms with Crippen LogP contribution >= 0.6 is 11.8 Å². The number of aliphatic carboxylic acids is 1. The lowest BCUT2D eigenvalue weighted by atomic mass is 9.44. The van der Waals surface area contributed by atoms with E-state index in [9.17, 15) is 29.4 Å². The minimum absolute atomic E-state index is 0.0129. The smallest absolute Gasteiger partial charge is 0.315 e. The van der Waals surface area contributed by atoms with Crippen LogP contribution in [0, 0.1) is 28.6 Å². The average molecular weight is 463 g/mol. The Balaban J connectivity index is 1.63. The number of esters is 1. The fourth-order valence-corrected chi connectivity index (χ4v) is 9.38. The number of fused-ring (bicyclic) bond motifs is 3. The molecule has 2 heterocycles. The third-order valence-electron chi connectivity index (χ3n) is 9.36. The second-order valence-corrected chi connectivity index (χ2v) is 11.9. The molecule has 174 valence electrons. The first-order valence-electron chi connectivity index (χ1n) is 11.7. The number of aliphatic hydroxyl groups is 1. The Kier molecular flexibility index (Phi) is 5.13. The first-order valence-corrected chi connectivity index (χ1v) is 12.5. The minimum Gasteiger partial charge on any atom is -0.481 e. The molecular weight excluding hydrogens is 432 g/mol. The van der Waals surface area contributed by atoms with Crippen LogP contribution < -0.4 is 0 Å². The summed E-state index contributed by atoms with van der Waals surface area (Å²) in [6.07, 6.45) is 5.46. The van der Waals surface area contributed by atoms with Gasteiger partial charge in [-0.05, 0) is 68.8 Å². The SMILES string of the molecule is CC(=O)S[C@H]1CC2=CC(=O)CC[C@@]23COC(=O)[C@]24CCC3[C@@H]1[C@@H]2CC[C@]4(O)CCC(=O)O. The van der Waals surface area contributed by atoms with Gasteiger partial charge in [0.2, 0.25) is 0 Å². The van der Waals surface area contributed by atoms with Crippen LogP contribution in [0.4, 0.5) is 0 Å². The molecule has 4 aliphatic carbocycles. The number of carbonyl (C=O) groups is 4. The summed E-state index contributed by atoms with van der Waals surface area (Å²) in [7, 11) is 0. The predicted octanol–water partition coefficient (Wildman–Crippen LogP) is 2.89. The molecule has 7 atom stereocenters. The summed E-state index contributed by atoms with van der Waals surface area (Å²) in [4.78, 5) is 49.5. The summed E-state index contributed by atoms with van der Waals surface area (Å²) >= 11 is 1.30. The van der Waals surface area contributed by atoms with E-state index in [1.54, 1.807) is 13.0 Å². The van der Waals surface area contributed by atoms with Crippen LogP contribution in [0.5, 0.6) is 0 Å². The van der Waals surface area contributed by atoms with Crippen LogP contribution in [0.25, 0.3) is 0 Å². The molecule has 0 radical (unpaired) electrons. The maximum atomic E-state index is 13.7. The van der Waals surface area contributed by atoms with Gasteiger partial charge in [0.15, 0.2) is 10.9 Å². The molecule has 2 N–H and O–H groups in total. The summed E-state index contributed by atoms with van der Waals surface area (Å²) < 4.78 is 5.95. The summed E-state index contributed by atoms with van der Waals surface area (Å²) in [5, 5.41) is 20.9. The van der Waals surface area contributed by atoms with Gasteiger partial charge in [-0.1, -0.05) is 17.3 Å². The molecule has 0 aromatic carbocycles. The molecule has 2 saturated heterocycles. The van der Waals surface area contributed by atoms with Crippen molar-refractivity contribution in [3.8, 4) is 0 Å². The lowest BCUT2D eigenvalue weighted by Gasteiger charge is -2.63. The van der Waals surface area contributed by atoms with Crippen molar-refractivity contribution in [2.45, 2.75) is 75.6 Å². The normalized spacial score (nSPS) is 44.6. The number of ketones is 1. The van der Waals surface area contributed by atoms with E-state index >= 15 is 0 Å². The molecule has 6 aliphatic rings. The molecule has 4 bridgehead atoms. The van der Waals surface area contributed by atoms with Gasteiger partial charge in [0.05, 0.1) is 11.0 Å². The molecule has 32 heavy (non-hydrogen) atoms. The van der Waals surface area contributed by atoms with Crippen molar-refractivity contribution in [1.29, 1.82) is 0 Å². The molecule has 6 rings (SSSR count). The number of hydrogen-bond donors (Lipinski definition) is 2. The van der Waals surface area contributed by atoms with Crippen LogP contribution in [0.2, 0.25) is 0 Å². The maximum Gasteiger partial charge on any atom is 0.315 e. The van der Waals surface area contributed by atoms with E-state index < -0.39 is 23.0 Å². The zero-order valence-electron chi connectivity index (χ0n) is 18.3. The highest BCUT2D eigenvalue weighted by Crippen LogP contribution is 2.71. The van der Waals surface area contributed by atoms with Gasteiger partial charge in [-0.2, -0.15) is 0 Å². The van der Waals surface area contributed by atoms with E-state index in [2.05, 4.69) is 0 Å². The van der Waals surface area contributed by atoms with Gasteiger partial charge < -0.3 is 14.9 Å². The van der Waals surface area contributed by atoms with E-state index in [4.69, 9.17) is 4.74 Å². The van der Waals surface area contributed by atoms with Crippen LogP contribution in [0.1, 0.15) is 64.7 Å². The summed E-state index contributed by atoms with van der Waals surface area (Å²) in [6.45, 7) is 1.75.